The lowest BCUT2D eigenvalue weighted by atomic mass is 10.0. The van der Waals surface area contributed by atoms with Crippen molar-refractivity contribution in [2.45, 2.75) is 52.2 Å². The molecule has 1 saturated heterocycles. The van der Waals surface area contributed by atoms with Crippen LogP contribution < -0.4 is 10.1 Å². The van der Waals surface area contributed by atoms with Crippen LogP contribution >= 0.6 is 11.3 Å². The van der Waals surface area contributed by atoms with E-state index in [0.717, 1.165) is 53.5 Å². The molecular weight excluding hydrogens is 458 g/mol. The van der Waals surface area contributed by atoms with E-state index < -0.39 is 0 Å². The number of likely N-dealkylation sites (tertiary alicyclic amines) is 1. The monoisotopic (exact) mass is 487 g/mol. The van der Waals surface area contributed by atoms with Gasteiger partial charge in [0, 0.05) is 24.2 Å². The number of aromatic nitrogens is 2. The van der Waals surface area contributed by atoms with Crippen LogP contribution in [0.15, 0.2) is 36.4 Å². The quantitative estimate of drug-likeness (QED) is 0.508. The first-order chi connectivity index (χ1) is 16.9. The maximum atomic E-state index is 12.8. The number of nitriles is 1. The van der Waals surface area contributed by atoms with E-state index in [-0.39, 0.29) is 18.2 Å². The number of nitrogens with zero attached hydrogens (tertiary/aromatic N) is 4. The number of rotatable bonds is 5. The summed E-state index contributed by atoms with van der Waals surface area (Å²) >= 11 is 1.51. The van der Waals surface area contributed by atoms with Crippen molar-refractivity contribution in [2.75, 3.05) is 13.1 Å². The lowest BCUT2D eigenvalue weighted by Gasteiger charge is -2.21. The van der Waals surface area contributed by atoms with E-state index in [0.29, 0.717) is 17.2 Å². The van der Waals surface area contributed by atoms with Gasteiger partial charge in [0.25, 0.3) is 0 Å². The van der Waals surface area contributed by atoms with Gasteiger partial charge in [0.1, 0.15) is 21.8 Å². The van der Waals surface area contributed by atoms with Crippen molar-refractivity contribution in [3.05, 3.63) is 53.1 Å². The number of nitrogens with one attached hydrogen (secondary N) is 1. The molecule has 1 aromatic heterocycles. The van der Waals surface area contributed by atoms with Crippen molar-refractivity contribution < 1.29 is 9.53 Å². The highest BCUT2D eigenvalue weighted by Crippen LogP contribution is 2.40. The molecule has 2 aromatic carbocycles. The smallest absolute Gasteiger partial charge is 0.317 e. The second-order valence-electron chi connectivity index (χ2n) is 9.66. The minimum absolute atomic E-state index is 0.00576. The molecule has 0 radical (unpaired) electrons. The van der Waals surface area contributed by atoms with Crippen LogP contribution in [0.2, 0.25) is 0 Å². The van der Waals surface area contributed by atoms with E-state index in [1.54, 1.807) is 0 Å². The second kappa shape index (κ2) is 9.67. The fourth-order valence-corrected chi connectivity index (χ4v) is 5.81. The number of hydrogen-bond donors (Lipinski definition) is 1. The standard InChI is InChI=1S/C27H29N5O2S/c1-16(2)34-24-10-7-18(13-19(24)14-28)25-30-31-26(35-25)22-6-4-5-21-20(22)8-9-23(21)29-27(33)32-12-11-17(3)15-32/h4-7,10,13,16-17,23H,8-9,11-12,15H2,1-3H3,(H,29,33)/t17-,23-/m0/s1. The summed E-state index contributed by atoms with van der Waals surface area (Å²) in [6, 6.07) is 14.0. The molecule has 0 bridgehead atoms. The van der Waals surface area contributed by atoms with Crippen LogP contribution in [-0.2, 0) is 6.42 Å². The van der Waals surface area contributed by atoms with E-state index in [9.17, 15) is 10.1 Å². The van der Waals surface area contributed by atoms with Gasteiger partial charge in [-0.05, 0) is 68.4 Å². The first-order valence-electron chi connectivity index (χ1n) is 12.1. The Hall–Kier alpha value is -3.44. The van der Waals surface area contributed by atoms with Crippen LogP contribution in [0.4, 0.5) is 4.79 Å². The Morgan fingerprint density at radius 2 is 2.06 bits per heavy atom. The first-order valence-corrected chi connectivity index (χ1v) is 13.0. The second-order valence-corrected chi connectivity index (χ2v) is 10.6. The Morgan fingerprint density at radius 3 is 2.80 bits per heavy atom. The molecular formula is C27H29N5O2S. The number of ether oxygens (including phenoxy) is 1. The third-order valence-electron chi connectivity index (χ3n) is 6.64. The lowest BCUT2D eigenvalue weighted by molar-refractivity contribution is 0.203. The van der Waals surface area contributed by atoms with Crippen LogP contribution in [-0.4, -0.2) is 40.3 Å². The molecule has 1 N–H and O–H groups in total. The Balaban J connectivity index is 1.37. The summed E-state index contributed by atoms with van der Waals surface area (Å²) in [6.07, 6.45) is 2.84. The topological polar surface area (TPSA) is 91.1 Å². The number of carbonyl (C=O) groups is 1. The molecule has 0 unspecified atom stereocenters. The Morgan fingerprint density at radius 1 is 1.23 bits per heavy atom. The van der Waals surface area contributed by atoms with E-state index in [1.165, 1.54) is 22.5 Å². The predicted octanol–water partition coefficient (Wildman–Crippen LogP) is 5.57. The molecule has 2 heterocycles. The maximum absolute atomic E-state index is 12.8. The minimum Gasteiger partial charge on any atom is -0.490 e. The third-order valence-corrected chi connectivity index (χ3v) is 7.65. The van der Waals surface area contributed by atoms with Crippen molar-refractivity contribution in [1.82, 2.24) is 20.4 Å². The number of fused-ring (bicyclic) bond motifs is 1. The fourth-order valence-electron chi connectivity index (χ4n) is 4.92. The number of hydrogen-bond acceptors (Lipinski definition) is 6. The van der Waals surface area contributed by atoms with Gasteiger partial charge in [-0.2, -0.15) is 5.26 Å². The summed E-state index contributed by atoms with van der Waals surface area (Å²) in [7, 11) is 0. The van der Waals surface area contributed by atoms with E-state index in [4.69, 9.17) is 4.74 Å². The number of urea groups is 1. The van der Waals surface area contributed by atoms with Crippen molar-refractivity contribution in [3.63, 3.8) is 0 Å². The van der Waals surface area contributed by atoms with Crippen LogP contribution in [0.5, 0.6) is 5.75 Å². The molecule has 2 atom stereocenters. The van der Waals surface area contributed by atoms with Gasteiger partial charge in [-0.25, -0.2) is 4.79 Å². The predicted molar refractivity (Wildman–Crippen MR) is 136 cm³/mol. The van der Waals surface area contributed by atoms with Gasteiger partial charge in [-0.1, -0.05) is 36.5 Å². The van der Waals surface area contributed by atoms with Gasteiger partial charge >= 0.3 is 6.03 Å². The molecule has 1 aliphatic carbocycles. The zero-order chi connectivity index (χ0) is 24.5. The van der Waals surface area contributed by atoms with E-state index in [1.807, 2.05) is 43.0 Å². The van der Waals surface area contributed by atoms with Gasteiger partial charge in [-0.3, -0.25) is 0 Å². The molecule has 2 amide bonds. The van der Waals surface area contributed by atoms with Crippen molar-refractivity contribution in [3.8, 4) is 33.0 Å². The zero-order valence-corrected chi connectivity index (χ0v) is 21.1. The van der Waals surface area contributed by atoms with E-state index in [2.05, 4.69) is 40.6 Å². The van der Waals surface area contributed by atoms with Gasteiger partial charge in [0.05, 0.1) is 17.7 Å². The Labute approximate surface area is 209 Å². The van der Waals surface area contributed by atoms with Gasteiger partial charge < -0.3 is 15.0 Å². The third kappa shape index (κ3) is 4.73. The number of amides is 2. The molecule has 2 aliphatic rings. The summed E-state index contributed by atoms with van der Waals surface area (Å²) in [5.74, 6) is 1.14. The van der Waals surface area contributed by atoms with Crippen LogP contribution in [0, 0.1) is 17.2 Å². The van der Waals surface area contributed by atoms with Crippen molar-refractivity contribution >= 4 is 17.4 Å². The largest absolute Gasteiger partial charge is 0.490 e. The molecule has 35 heavy (non-hydrogen) atoms. The molecule has 3 aromatic rings. The molecule has 0 saturated carbocycles. The van der Waals surface area contributed by atoms with Crippen LogP contribution in [0.1, 0.15) is 56.3 Å². The highest BCUT2D eigenvalue weighted by Gasteiger charge is 2.30. The van der Waals surface area contributed by atoms with Gasteiger partial charge in [-0.15, -0.1) is 10.2 Å². The summed E-state index contributed by atoms with van der Waals surface area (Å²) in [5, 5.41) is 23.3. The molecule has 7 nitrogen and oxygen atoms in total. The normalized spacial score (nSPS) is 19.0. The highest BCUT2D eigenvalue weighted by atomic mass is 32.1. The van der Waals surface area contributed by atoms with Gasteiger partial charge in [0.2, 0.25) is 0 Å². The molecule has 0 spiro atoms. The summed E-state index contributed by atoms with van der Waals surface area (Å²) in [4.78, 5) is 14.7. The van der Waals surface area contributed by atoms with Crippen LogP contribution in [0.25, 0.3) is 21.1 Å². The number of carbonyl (C=O) groups excluding carboxylic acids is 1. The van der Waals surface area contributed by atoms with Crippen molar-refractivity contribution in [2.24, 2.45) is 5.92 Å². The molecule has 1 fully saturated rings. The SMILES string of the molecule is CC(C)Oc1ccc(-c2nnc(-c3cccc4c3CC[C@@H]4NC(=O)N3CC[C@H](C)C3)s2)cc1C#N. The highest BCUT2D eigenvalue weighted by molar-refractivity contribution is 7.17. The average molecular weight is 488 g/mol. The average Bonchev–Trinajstić information content (AvgIpc) is 3.59. The minimum atomic E-state index is -0.00576. The summed E-state index contributed by atoms with van der Waals surface area (Å²) in [6.45, 7) is 7.73. The molecule has 1 aliphatic heterocycles. The van der Waals surface area contributed by atoms with Crippen LogP contribution in [0.3, 0.4) is 0 Å². The zero-order valence-electron chi connectivity index (χ0n) is 20.2. The lowest BCUT2D eigenvalue weighted by Crippen LogP contribution is -2.39. The van der Waals surface area contributed by atoms with Gasteiger partial charge in [0.15, 0.2) is 0 Å². The fraction of sp³-hybridized carbons (Fsp3) is 0.407. The molecule has 5 rings (SSSR count). The van der Waals surface area contributed by atoms with Crippen molar-refractivity contribution in [1.29, 1.82) is 5.26 Å². The summed E-state index contributed by atoms with van der Waals surface area (Å²) < 4.78 is 5.74. The maximum Gasteiger partial charge on any atom is 0.317 e. The molecule has 180 valence electrons. The number of benzene rings is 2. The Bertz CT molecular complexity index is 1290. The first kappa shape index (κ1) is 23.3. The summed E-state index contributed by atoms with van der Waals surface area (Å²) in [5.41, 5.74) is 4.80. The Kier molecular flexibility index (Phi) is 6.44. The molecule has 8 heteroatoms. The van der Waals surface area contributed by atoms with E-state index >= 15 is 0 Å².